The first-order chi connectivity index (χ1) is 13.8. The predicted octanol–water partition coefficient (Wildman–Crippen LogP) is 3.74. The maximum absolute atomic E-state index is 13.1. The average molecular weight is 391 g/mol. The second-order valence-electron chi connectivity index (χ2n) is 6.59. The van der Waals surface area contributed by atoms with E-state index in [-0.39, 0.29) is 12.1 Å². The topological polar surface area (TPSA) is 86.3 Å². The zero-order valence-electron chi connectivity index (χ0n) is 15.9. The number of likely N-dealkylation sites (N-methyl/N-ethyl adjacent to an activating group) is 1. The predicted molar refractivity (Wildman–Crippen MR) is 108 cm³/mol. The van der Waals surface area contributed by atoms with Crippen LogP contribution >= 0.6 is 0 Å². The molecule has 0 aliphatic heterocycles. The standard InChI is InChI=1S/C22H18FN3O3/c1-14-4-3-5-19-16(12-26(21(14)19)13-20(27)28)10-15(11-24)22(29)25(2)18-8-6-17(23)7-9-18/h3-10,12H,13H2,1-2H3,(H,27,28)/b15-10+. The molecule has 1 N–H and O–H groups in total. The van der Waals surface area contributed by atoms with Crippen LogP contribution in [0.1, 0.15) is 11.1 Å². The molecular formula is C22H18FN3O3. The van der Waals surface area contributed by atoms with E-state index >= 15 is 0 Å². The van der Waals surface area contributed by atoms with Crippen LogP contribution in [0.15, 0.2) is 54.2 Å². The molecule has 3 aromatic rings. The lowest BCUT2D eigenvalue weighted by atomic mass is 10.1. The summed E-state index contributed by atoms with van der Waals surface area (Å²) in [7, 11) is 1.50. The minimum Gasteiger partial charge on any atom is -0.480 e. The van der Waals surface area contributed by atoms with Gasteiger partial charge in [-0.25, -0.2) is 4.39 Å². The summed E-state index contributed by atoms with van der Waals surface area (Å²) in [6.07, 6.45) is 3.07. The van der Waals surface area contributed by atoms with E-state index in [1.807, 2.05) is 31.2 Å². The molecule has 0 unspecified atom stereocenters. The van der Waals surface area contributed by atoms with E-state index in [2.05, 4.69) is 0 Å². The summed E-state index contributed by atoms with van der Waals surface area (Å²) in [5.41, 5.74) is 2.52. The summed E-state index contributed by atoms with van der Waals surface area (Å²) in [6.45, 7) is 1.63. The highest BCUT2D eigenvalue weighted by molar-refractivity contribution is 6.12. The summed E-state index contributed by atoms with van der Waals surface area (Å²) in [4.78, 5) is 25.3. The van der Waals surface area contributed by atoms with Crippen LogP contribution in [0.4, 0.5) is 10.1 Å². The van der Waals surface area contributed by atoms with Crippen molar-refractivity contribution in [1.29, 1.82) is 5.26 Å². The molecule has 7 heteroatoms. The zero-order chi connectivity index (χ0) is 21.1. The number of halogens is 1. The number of aliphatic carboxylic acids is 1. The minimum atomic E-state index is -0.992. The van der Waals surface area contributed by atoms with Gasteiger partial charge in [0, 0.05) is 29.9 Å². The van der Waals surface area contributed by atoms with Gasteiger partial charge in [0.25, 0.3) is 5.91 Å². The maximum atomic E-state index is 13.1. The molecule has 146 valence electrons. The molecule has 1 amide bonds. The smallest absolute Gasteiger partial charge is 0.323 e. The maximum Gasteiger partial charge on any atom is 0.323 e. The normalized spacial score (nSPS) is 11.3. The highest BCUT2D eigenvalue weighted by atomic mass is 19.1. The van der Waals surface area contributed by atoms with Crippen LogP contribution in [0.3, 0.4) is 0 Å². The van der Waals surface area contributed by atoms with Crippen molar-refractivity contribution >= 4 is 34.5 Å². The first-order valence-corrected chi connectivity index (χ1v) is 8.77. The largest absolute Gasteiger partial charge is 0.480 e. The third kappa shape index (κ3) is 4.01. The lowest BCUT2D eigenvalue weighted by Crippen LogP contribution is -2.27. The van der Waals surface area contributed by atoms with Gasteiger partial charge in [-0.15, -0.1) is 0 Å². The Kier molecular flexibility index (Phi) is 5.46. The number of rotatable bonds is 5. The van der Waals surface area contributed by atoms with Crippen molar-refractivity contribution in [2.75, 3.05) is 11.9 Å². The number of hydrogen-bond donors (Lipinski definition) is 1. The molecular weight excluding hydrogens is 373 g/mol. The van der Waals surface area contributed by atoms with Gasteiger partial charge >= 0.3 is 5.97 Å². The Morgan fingerprint density at radius 2 is 1.93 bits per heavy atom. The Labute approximate surface area is 166 Å². The molecule has 0 spiro atoms. The van der Waals surface area contributed by atoms with E-state index in [1.165, 1.54) is 42.3 Å². The molecule has 2 aromatic carbocycles. The van der Waals surface area contributed by atoms with Crippen molar-refractivity contribution in [2.24, 2.45) is 0 Å². The molecule has 0 fully saturated rings. The number of carbonyl (C=O) groups excluding carboxylic acids is 1. The van der Waals surface area contributed by atoms with E-state index in [0.29, 0.717) is 11.3 Å². The van der Waals surface area contributed by atoms with Gasteiger partial charge in [-0.1, -0.05) is 18.2 Å². The molecule has 0 aliphatic rings. The van der Waals surface area contributed by atoms with Crippen molar-refractivity contribution in [3.05, 3.63) is 71.2 Å². The molecule has 0 saturated heterocycles. The van der Waals surface area contributed by atoms with Gasteiger partial charge in [0.1, 0.15) is 24.0 Å². The van der Waals surface area contributed by atoms with Crippen LogP contribution in [0.2, 0.25) is 0 Å². The van der Waals surface area contributed by atoms with E-state index in [9.17, 15) is 24.3 Å². The van der Waals surface area contributed by atoms with Crippen LogP contribution < -0.4 is 4.90 Å². The second kappa shape index (κ2) is 7.98. The van der Waals surface area contributed by atoms with E-state index in [0.717, 1.165) is 16.5 Å². The van der Waals surface area contributed by atoms with Gasteiger partial charge in [-0.05, 0) is 42.8 Å². The summed E-state index contributed by atoms with van der Waals surface area (Å²) in [5, 5.41) is 19.5. The number of carbonyl (C=O) groups is 2. The fourth-order valence-corrected chi connectivity index (χ4v) is 3.22. The average Bonchev–Trinajstić information content (AvgIpc) is 3.03. The number of nitriles is 1. The van der Waals surface area contributed by atoms with E-state index in [4.69, 9.17) is 0 Å². The molecule has 3 rings (SSSR count). The highest BCUT2D eigenvalue weighted by Crippen LogP contribution is 2.27. The number of nitrogens with zero attached hydrogens (tertiary/aromatic N) is 3. The lowest BCUT2D eigenvalue weighted by Gasteiger charge is -2.16. The number of anilines is 1. The van der Waals surface area contributed by atoms with E-state index < -0.39 is 17.7 Å². The second-order valence-corrected chi connectivity index (χ2v) is 6.59. The number of benzene rings is 2. The number of para-hydroxylation sites is 1. The van der Waals surface area contributed by atoms with Gasteiger partial charge < -0.3 is 14.6 Å². The SMILES string of the molecule is Cc1cccc2c(/C=C(\C#N)C(=O)N(C)c3ccc(F)cc3)cn(CC(=O)O)c12. The van der Waals surface area contributed by atoms with Crippen LogP contribution in [0.25, 0.3) is 17.0 Å². The molecule has 0 aliphatic carbocycles. The molecule has 1 aromatic heterocycles. The van der Waals surface area contributed by atoms with Crippen molar-refractivity contribution in [3.63, 3.8) is 0 Å². The molecule has 0 bridgehead atoms. The lowest BCUT2D eigenvalue weighted by molar-refractivity contribution is -0.137. The van der Waals surface area contributed by atoms with Gasteiger partial charge in [0.05, 0.1) is 5.52 Å². The quantitative estimate of drug-likeness (QED) is 0.530. The Balaban J connectivity index is 2.05. The van der Waals surface area contributed by atoms with Crippen LogP contribution in [-0.2, 0) is 16.1 Å². The number of carboxylic acids is 1. The molecule has 0 saturated carbocycles. The summed E-state index contributed by atoms with van der Waals surface area (Å²) in [5.74, 6) is -1.97. The number of aromatic nitrogens is 1. The molecule has 29 heavy (non-hydrogen) atoms. The van der Waals surface area contributed by atoms with Gasteiger partial charge in [0.2, 0.25) is 0 Å². The number of amides is 1. The van der Waals surface area contributed by atoms with E-state index in [1.54, 1.807) is 10.8 Å². The van der Waals surface area contributed by atoms with Crippen molar-refractivity contribution < 1.29 is 19.1 Å². The molecule has 0 radical (unpaired) electrons. The number of fused-ring (bicyclic) bond motifs is 1. The fraction of sp³-hybridized carbons (Fsp3) is 0.136. The van der Waals surface area contributed by atoms with Crippen LogP contribution in [0.5, 0.6) is 0 Å². The van der Waals surface area contributed by atoms with Crippen LogP contribution in [-0.4, -0.2) is 28.6 Å². The number of hydrogen-bond acceptors (Lipinski definition) is 3. The monoisotopic (exact) mass is 391 g/mol. The Hall–Kier alpha value is -3.92. The summed E-state index contributed by atoms with van der Waals surface area (Å²) in [6, 6.07) is 12.8. The third-order valence-corrected chi connectivity index (χ3v) is 4.61. The first kappa shape index (κ1) is 19.8. The summed E-state index contributed by atoms with van der Waals surface area (Å²) < 4.78 is 14.7. The van der Waals surface area contributed by atoms with Gasteiger partial charge in [-0.2, -0.15) is 5.26 Å². The Morgan fingerprint density at radius 1 is 1.24 bits per heavy atom. The van der Waals surface area contributed by atoms with Crippen molar-refractivity contribution in [2.45, 2.75) is 13.5 Å². The van der Waals surface area contributed by atoms with Gasteiger partial charge in [-0.3, -0.25) is 9.59 Å². The fourth-order valence-electron chi connectivity index (χ4n) is 3.22. The molecule has 0 atom stereocenters. The van der Waals surface area contributed by atoms with Crippen molar-refractivity contribution in [3.8, 4) is 6.07 Å². The summed E-state index contributed by atoms with van der Waals surface area (Å²) >= 11 is 0. The van der Waals surface area contributed by atoms with Gasteiger partial charge in [0.15, 0.2) is 0 Å². The Bertz CT molecular complexity index is 1170. The minimum absolute atomic E-state index is 0.118. The zero-order valence-corrected chi connectivity index (χ0v) is 15.9. The first-order valence-electron chi connectivity index (χ1n) is 8.77. The number of carboxylic acid groups (broad SMARTS) is 1. The molecule has 6 nitrogen and oxygen atoms in total. The molecule has 1 heterocycles. The number of aryl methyl sites for hydroxylation is 1. The third-order valence-electron chi connectivity index (χ3n) is 4.61. The van der Waals surface area contributed by atoms with Crippen molar-refractivity contribution in [1.82, 2.24) is 4.57 Å². The highest BCUT2D eigenvalue weighted by Gasteiger charge is 2.18. The van der Waals surface area contributed by atoms with Crippen LogP contribution in [0, 0.1) is 24.1 Å². The Morgan fingerprint density at radius 3 is 2.55 bits per heavy atom.